The number of fused-ring (bicyclic) bond motifs is 5. The lowest BCUT2D eigenvalue weighted by molar-refractivity contribution is 0.0783. The van der Waals surface area contributed by atoms with Crippen molar-refractivity contribution in [2.75, 3.05) is 7.11 Å². The molecule has 2 saturated carbocycles. The largest absolute Gasteiger partial charge is 0.497 e. The average Bonchev–Trinajstić information content (AvgIpc) is 2.77. The molecule has 0 unspecified atom stereocenters. The van der Waals surface area contributed by atoms with Gasteiger partial charge >= 0.3 is 0 Å². The summed E-state index contributed by atoms with van der Waals surface area (Å²) in [6.07, 6.45) is 5.41. The van der Waals surface area contributed by atoms with E-state index >= 15 is 0 Å². The number of hydrogen-bond acceptors (Lipinski definition) is 2. The second-order valence-corrected chi connectivity index (χ2v) is 7.71. The molecule has 4 rings (SSSR count). The summed E-state index contributed by atoms with van der Waals surface area (Å²) < 4.78 is 5.39. The van der Waals surface area contributed by atoms with Crippen molar-refractivity contribution in [1.82, 2.24) is 0 Å². The minimum Gasteiger partial charge on any atom is -0.497 e. The van der Waals surface area contributed by atoms with Crippen molar-refractivity contribution >= 4 is 0 Å². The van der Waals surface area contributed by atoms with E-state index in [0.29, 0.717) is 17.8 Å². The van der Waals surface area contributed by atoms with Crippen molar-refractivity contribution in [2.24, 2.45) is 17.3 Å². The molecule has 0 radical (unpaired) electrons. The van der Waals surface area contributed by atoms with Crippen LogP contribution in [-0.4, -0.2) is 18.3 Å². The number of hydrogen-bond donors (Lipinski definition) is 1. The van der Waals surface area contributed by atoms with E-state index in [1.54, 1.807) is 7.11 Å². The Balaban J connectivity index is 1.70. The average molecular weight is 298 g/mol. The summed E-state index contributed by atoms with van der Waals surface area (Å²) in [7, 11) is 1.74. The van der Waals surface area contributed by atoms with Crippen LogP contribution in [0.1, 0.15) is 49.7 Å². The van der Waals surface area contributed by atoms with Crippen LogP contribution in [-0.2, 0) is 6.42 Å². The third-order valence-corrected chi connectivity index (χ3v) is 6.94. The highest BCUT2D eigenvalue weighted by molar-refractivity contribution is 5.41. The third kappa shape index (κ3) is 1.83. The Morgan fingerprint density at radius 2 is 2.14 bits per heavy atom. The summed E-state index contributed by atoms with van der Waals surface area (Å²) in [6.45, 7) is 6.57. The van der Waals surface area contributed by atoms with Crippen molar-refractivity contribution in [3.63, 3.8) is 0 Å². The van der Waals surface area contributed by atoms with Gasteiger partial charge in [0.15, 0.2) is 0 Å². The Labute approximate surface area is 133 Å². The number of methoxy groups -OCH3 is 1. The standard InChI is InChI=1S/C20H26O2/c1-12-19(21)11-18-17-6-4-13-10-14(22-3)5-7-15(13)16(17)8-9-20(12,18)2/h5,7,10,16-19,21H,1,4,6,8-9,11H2,2-3H3/t16-,17-,18+,19-,20-/m1/s1. The molecule has 0 heterocycles. The number of aliphatic hydroxyl groups excluding tert-OH is 1. The van der Waals surface area contributed by atoms with Crippen LogP contribution in [0.3, 0.4) is 0 Å². The van der Waals surface area contributed by atoms with Crippen LogP contribution in [0.25, 0.3) is 0 Å². The predicted octanol–water partition coefficient (Wildman–Crippen LogP) is 4.08. The monoisotopic (exact) mass is 298 g/mol. The van der Waals surface area contributed by atoms with E-state index in [-0.39, 0.29) is 11.5 Å². The molecule has 0 amide bonds. The first-order valence-corrected chi connectivity index (χ1v) is 8.58. The molecule has 3 aliphatic carbocycles. The quantitative estimate of drug-likeness (QED) is 0.792. The second-order valence-electron chi connectivity index (χ2n) is 7.71. The van der Waals surface area contributed by atoms with Crippen molar-refractivity contribution in [2.45, 2.75) is 51.0 Å². The Morgan fingerprint density at radius 3 is 2.91 bits per heavy atom. The summed E-state index contributed by atoms with van der Waals surface area (Å²) in [5.74, 6) is 2.94. The molecule has 2 fully saturated rings. The van der Waals surface area contributed by atoms with Crippen LogP contribution in [0.5, 0.6) is 5.75 Å². The van der Waals surface area contributed by atoms with E-state index in [1.165, 1.54) is 30.4 Å². The highest BCUT2D eigenvalue weighted by Crippen LogP contribution is 2.62. The van der Waals surface area contributed by atoms with Gasteiger partial charge in [0.2, 0.25) is 0 Å². The third-order valence-electron chi connectivity index (χ3n) is 6.94. The van der Waals surface area contributed by atoms with Crippen LogP contribution >= 0.6 is 0 Å². The molecule has 3 aliphatic rings. The van der Waals surface area contributed by atoms with Gasteiger partial charge in [0.05, 0.1) is 13.2 Å². The summed E-state index contributed by atoms with van der Waals surface area (Å²) >= 11 is 0. The van der Waals surface area contributed by atoms with Crippen molar-refractivity contribution in [3.8, 4) is 5.75 Å². The highest BCUT2D eigenvalue weighted by Gasteiger charge is 2.54. The van der Waals surface area contributed by atoms with Crippen LogP contribution in [0.2, 0.25) is 0 Å². The van der Waals surface area contributed by atoms with Gasteiger partial charge in [0.25, 0.3) is 0 Å². The molecular weight excluding hydrogens is 272 g/mol. The van der Waals surface area contributed by atoms with Crippen LogP contribution in [0, 0.1) is 17.3 Å². The van der Waals surface area contributed by atoms with E-state index in [4.69, 9.17) is 4.74 Å². The minimum absolute atomic E-state index is 0.157. The zero-order valence-corrected chi connectivity index (χ0v) is 13.6. The molecule has 118 valence electrons. The smallest absolute Gasteiger partial charge is 0.119 e. The van der Waals surface area contributed by atoms with Gasteiger partial charge in [-0.25, -0.2) is 0 Å². The summed E-state index contributed by atoms with van der Waals surface area (Å²) in [5.41, 5.74) is 4.26. The second kappa shape index (κ2) is 4.86. The molecule has 0 aromatic heterocycles. The highest BCUT2D eigenvalue weighted by atomic mass is 16.5. The van der Waals surface area contributed by atoms with E-state index in [0.717, 1.165) is 24.2 Å². The van der Waals surface area contributed by atoms with E-state index in [9.17, 15) is 5.11 Å². The van der Waals surface area contributed by atoms with Gasteiger partial charge in [-0.1, -0.05) is 19.6 Å². The molecule has 22 heavy (non-hydrogen) atoms. The van der Waals surface area contributed by atoms with E-state index in [1.807, 2.05) is 0 Å². The maximum atomic E-state index is 10.3. The number of ether oxygens (including phenoxy) is 1. The fraction of sp³-hybridized carbons (Fsp3) is 0.600. The Bertz CT molecular complexity index is 620. The van der Waals surface area contributed by atoms with Gasteiger partial charge in [0, 0.05) is 0 Å². The zero-order valence-electron chi connectivity index (χ0n) is 13.6. The lowest BCUT2D eigenvalue weighted by Crippen LogP contribution is -2.40. The van der Waals surface area contributed by atoms with Crippen molar-refractivity contribution < 1.29 is 9.84 Å². The molecule has 2 heteroatoms. The molecular formula is C20H26O2. The van der Waals surface area contributed by atoms with Crippen LogP contribution < -0.4 is 4.74 Å². The summed E-state index contributed by atoms with van der Waals surface area (Å²) in [5, 5.41) is 10.3. The topological polar surface area (TPSA) is 29.5 Å². The van der Waals surface area contributed by atoms with Crippen molar-refractivity contribution in [1.29, 1.82) is 0 Å². The zero-order chi connectivity index (χ0) is 15.5. The minimum atomic E-state index is -0.286. The fourth-order valence-electron chi connectivity index (χ4n) is 5.60. The number of aryl methyl sites for hydroxylation is 1. The van der Waals surface area contributed by atoms with Crippen LogP contribution in [0.15, 0.2) is 30.4 Å². The number of aliphatic hydroxyl groups is 1. The van der Waals surface area contributed by atoms with Crippen molar-refractivity contribution in [3.05, 3.63) is 41.5 Å². The Hall–Kier alpha value is -1.28. The first-order chi connectivity index (χ1) is 10.5. The maximum Gasteiger partial charge on any atom is 0.119 e. The van der Waals surface area contributed by atoms with Gasteiger partial charge in [-0.05, 0) is 84.1 Å². The predicted molar refractivity (Wildman–Crippen MR) is 88.1 cm³/mol. The first-order valence-electron chi connectivity index (χ1n) is 8.58. The first kappa shape index (κ1) is 14.3. The number of benzene rings is 1. The van der Waals surface area contributed by atoms with Gasteiger partial charge in [-0.2, -0.15) is 0 Å². The molecule has 0 aliphatic heterocycles. The molecule has 5 atom stereocenters. The molecule has 0 spiro atoms. The molecule has 1 aromatic rings. The summed E-state index contributed by atoms with van der Waals surface area (Å²) in [4.78, 5) is 0. The molecule has 0 saturated heterocycles. The normalized spacial score (nSPS) is 39.9. The lowest BCUT2D eigenvalue weighted by atomic mass is 9.55. The van der Waals surface area contributed by atoms with Gasteiger partial charge in [-0.3, -0.25) is 0 Å². The van der Waals surface area contributed by atoms with Gasteiger partial charge < -0.3 is 9.84 Å². The molecule has 1 N–H and O–H groups in total. The lowest BCUT2D eigenvalue weighted by Gasteiger charge is -2.49. The van der Waals surface area contributed by atoms with E-state index < -0.39 is 0 Å². The molecule has 2 nitrogen and oxygen atoms in total. The van der Waals surface area contributed by atoms with Gasteiger partial charge in [-0.15, -0.1) is 0 Å². The Kier molecular flexibility index (Phi) is 3.16. The Morgan fingerprint density at radius 1 is 1.32 bits per heavy atom. The van der Waals surface area contributed by atoms with E-state index in [2.05, 4.69) is 31.7 Å². The van der Waals surface area contributed by atoms with Gasteiger partial charge in [0.1, 0.15) is 5.75 Å². The molecule has 0 bridgehead atoms. The number of rotatable bonds is 1. The SMILES string of the molecule is C=C1[C@H](O)C[C@H]2[C@@H]3CCc4cc(OC)ccc4[C@H]3CC[C@]12C. The maximum absolute atomic E-state index is 10.3. The molecule has 1 aromatic carbocycles. The van der Waals surface area contributed by atoms with Crippen LogP contribution in [0.4, 0.5) is 0 Å². The summed E-state index contributed by atoms with van der Waals surface area (Å²) in [6, 6.07) is 6.62. The fourth-order valence-corrected chi connectivity index (χ4v) is 5.60.